The molecule has 1 aromatic rings. The third-order valence-electron chi connectivity index (χ3n) is 2.82. The molecule has 0 bridgehead atoms. The van der Waals surface area contributed by atoms with E-state index in [1.807, 2.05) is 12.1 Å². The molecule has 0 aliphatic heterocycles. The van der Waals surface area contributed by atoms with E-state index in [4.69, 9.17) is 14.2 Å². The normalized spacial score (nSPS) is 10.8. The average Bonchev–Trinajstić information content (AvgIpc) is 2.50. The first-order valence-electron chi connectivity index (χ1n) is 7.56. The van der Waals surface area contributed by atoms with Gasteiger partial charge in [-0.1, -0.05) is 25.5 Å². The van der Waals surface area contributed by atoms with Gasteiger partial charge in [-0.25, -0.2) is 0 Å². The van der Waals surface area contributed by atoms with Crippen molar-refractivity contribution >= 4 is 28.3 Å². The van der Waals surface area contributed by atoms with Crippen LogP contribution in [-0.2, 0) is 14.2 Å². The van der Waals surface area contributed by atoms with Crippen molar-refractivity contribution in [1.82, 2.24) is 0 Å². The maximum absolute atomic E-state index is 5.51. The highest BCUT2D eigenvalue weighted by molar-refractivity contribution is 14.1. The third-order valence-corrected chi connectivity index (χ3v) is 3.76. The van der Waals surface area contributed by atoms with Crippen molar-refractivity contribution in [1.29, 1.82) is 0 Å². The van der Waals surface area contributed by atoms with Crippen LogP contribution in [0.1, 0.15) is 19.8 Å². The quantitative estimate of drug-likeness (QED) is 0.401. The lowest BCUT2D eigenvalue weighted by molar-refractivity contribution is 0.0159. The van der Waals surface area contributed by atoms with E-state index in [9.17, 15) is 0 Å². The van der Waals surface area contributed by atoms with Crippen molar-refractivity contribution in [3.05, 3.63) is 27.8 Å². The second-order valence-electron chi connectivity index (χ2n) is 4.60. The van der Waals surface area contributed by atoms with E-state index in [1.54, 1.807) is 0 Å². The third kappa shape index (κ3) is 10.1. The summed E-state index contributed by atoms with van der Waals surface area (Å²) in [7, 11) is 0. The van der Waals surface area contributed by atoms with E-state index in [1.165, 1.54) is 9.99 Å². The second-order valence-corrected chi connectivity index (χ2v) is 5.76. The molecule has 21 heavy (non-hydrogen) atoms. The summed E-state index contributed by atoms with van der Waals surface area (Å²) in [5.41, 5.74) is 1.15. The first-order chi connectivity index (χ1) is 10.3. The molecule has 0 saturated heterocycles. The first kappa shape index (κ1) is 18.7. The Balaban J connectivity index is 1.84. The zero-order valence-corrected chi connectivity index (χ0v) is 14.9. The van der Waals surface area contributed by atoms with Gasteiger partial charge in [-0.05, 0) is 41.1 Å². The Bertz CT molecular complexity index is 363. The smallest absolute Gasteiger partial charge is 0.0701 e. The minimum Gasteiger partial charge on any atom is -0.382 e. The number of unbranched alkanes of at least 4 members (excludes halogenated alkanes) is 1. The summed E-state index contributed by atoms with van der Waals surface area (Å²) in [4.78, 5) is 0. The highest BCUT2D eigenvalue weighted by atomic mass is 127. The van der Waals surface area contributed by atoms with Crippen LogP contribution in [0, 0.1) is 3.57 Å². The van der Waals surface area contributed by atoms with Gasteiger partial charge in [0.05, 0.1) is 33.0 Å². The first-order valence-corrected chi connectivity index (χ1v) is 8.64. The molecular formula is C16H26INO3. The topological polar surface area (TPSA) is 39.7 Å². The molecule has 0 saturated carbocycles. The van der Waals surface area contributed by atoms with Crippen LogP contribution in [0.4, 0.5) is 5.69 Å². The number of rotatable bonds is 13. The van der Waals surface area contributed by atoms with Crippen LogP contribution >= 0.6 is 22.6 Å². The molecule has 5 heteroatoms. The number of para-hydroxylation sites is 1. The molecule has 0 heterocycles. The summed E-state index contributed by atoms with van der Waals surface area (Å²) < 4.78 is 17.6. The lowest BCUT2D eigenvalue weighted by atomic mass is 10.3. The number of ether oxygens (including phenoxy) is 3. The standard InChI is InChI=1S/C16H26INO3/c1-2-3-9-19-11-13-21-14-12-20-10-8-18-16-7-5-4-6-15(16)17/h4-7,18H,2-3,8-14H2,1H3. The molecule has 0 atom stereocenters. The van der Waals surface area contributed by atoms with E-state index in [2.05, 4.69) is 47.0 Å². The number of nitrogens with one attached hydrogen (secondary N) is 1. The van der Waals surface area contributed by atoms with Crippen LogP contribution in [0.3, 0.4) is 0 Å². The van der Waals surface area contributed by atoms with Gasteiger partial charge in [0.15, 0.2) is 0 Å². The van der Waals surface area contributed by atoms with Crippen LogP contribution < -0.4 is 5.32 Å². The van der Waals surface area contributed by atoms with Gasteiger partial charge < -0.3 is 19.5 Å². The molecule has 0 unspecified atom stereocenters. The molecule has 0 spiro atoms. The fraction of sp³-hybridized carbons (Fsp3) is 0.625. The van der Waals surface area contributed by atoms with Crippen LogP contribution in [0.25, 0.3) is 0 Å². The Morgan fingerprint density at radius 1 is 0.905 bits per heavy atom. The van der Waals surface area contributed by atoms with Gasteiger partial charge in [-0.3, -0.25) is 0 Å². The molecule has 0 aromatic heterocycles. The van der Waals surface area contributed by atoms with Crippen LogP contribution in [0.2, 0.25) is 0 Å². The number of anilines is 1. The van der Waals surface area contributed by atoms with E-state index >= 15 is 0 Å². The Labute approximate surface area is 141 Å². The molecule has 1 rings (SSSR count). The average molecular weight is 407 g/mol. The number of hydrogen-bond donors (Lipinski definition) is 1. The Morgan fingerprint density at radius 2 is 1.52 bits per heavy atom. The molecule has 0 aliphatic rings. The highest BCUT2D eigenvalue weighted by Crippen LogP contribution is 2.16. The van der Waals surface area contributed by atoms with Gasteiger partial charge >= 0.3 is 0 Å². The van der Waals surface area contributed by atoms with E-state index < -0.39 is 0 Å². The predicted octanol–water partition coefficient (Wildman–Crippen LogP) is 3.55. The van der Waals surface area contributed by atoms with E-state index in [0.29, 0.717) is 33.0 Å². The van der Waals surface area contributed by atoms with Crippen molar-refractivity contribution in [2.75, 3.05) is 51.5 Å². The maximum Gasteiger partial charge on any atom is 0.0701 e. The van der Waals surface area contributed by atoms with E-state index in [-0.39, 0.29) is 0 Å². The largest absolute Gasteiger partial charge is 0.382 e. The van der Waals surface area contributed by atoms with Crippen molar-refractivity contribution < 1.29 is 14.2 Å². The molecule has 4 nitrogen and oxygen atoms in total. The summed E-state index contributed by atoms with van der Waals surface area (Å²) in [6.45, 7) is 7.05. The minimum atomic E-state index is 0.625. The molecule has 0 radical (unpaired) electrons. The summed E-state index contributed by atoms with van der Waals surface area (Å²) in [6, 6.07) is 8.22. The SMILES string of the molecule is CCCCOCCOCCOCCNc1ccccc1I. The summed E-state index contributed by atoms with van der Waals surface area (Å²) in [5, 5.41) is 3.35. The zero-order chi connectivity index (χ0) is 15.2. The molecule has 0 amide bonds. The number of benzene rings is 1. The van der Waals surface area contributed by atoms with Gasteiger partial charge in [-0.15, -0.1) is 0 Å². The van der Waals surface area contributed by atoms with Gasteiger partial charge in [0.2, 0.25) is 0 Å². The minimum absolute atomic E-state index is 0.625. The second kappa shape index (κ2) is 13.3. The van der Waals surface area contributed by atoms with Crippen LogP contribution in [-0.4, -0.2) is 46.2 Å². The van der Waals surface area contributed by atoms with Crippen LogP contribution in [0.5, 0.6) is 0 Å². The summed E-state index contributed by atoms with van der Waals surface area (Å²) >= 11 is 2.32. The van der Waals surface area contributed by atoms with Crippen molar-refractivity contribution in [3.8, 4) is 0 Å². The highest BCUT2D eigenvalue weighted by Gasteiger charge is 1.96. The monoisotopic (exact) mass is 407 g/mol. The van der Waals surface area contributed by atoms with Gasteiger partial charge in [0.1, 0.15) is 0 Å². The molecule has 0 aliphatic carbocycles. The molecule has 1 aromatic carbocycles. The van der Waals surface area contributed by atoms with Crippen LogP contribution in [0.15, 0.2) is 24.3 Å². The zero-order valence-electron chi connectivity index (χ0n) is 12.8. The predicted molar refractivity (Wildman–Crippen MR) is 95.0 cm³/mol. The Hall–Kier alpha value is -0.370. The molecule has 0 fully saturated rings. The number of hydrogen-bond acceptors (Lipinski definition) is 4. The Morgan fingerprint density at radius 3 is 2.19 bits per heavy atom. The molecule has 120 valence electrons. The fourth-order valence-electron chi connectivity index (χ4n) is 1.65. The maximum atomic E-state index is 5.51. The summed E-state index contributed by atoms with van der Waals surface area (Å²) in [5.74, 6) is 0. The summed E-state index contributed by atoms with van der Waals surface area (Å²) in [6.07, 6.45) is 2.29. The Kier molecular flexibility index (Phi) is 11.8. The van der Waals surface area contributed by atoms with Gasteiger partial charge in [0, 0.05) is 22.4 Å². The van der Waals surface area contributed by atoms with E-state index in [0.717, 1.165) is 25.3 Å². The van der Waals surface area contributed by atoms with Crippen molar-refractivity contribution in [2.45, 2.75) is 19.8 Å². The molecular weight excluding hydrogens is 381 g/mol. The molecule has 1 N–H and O–H groups in total. The lowest BCUT2D eigenvalue weighted by Gasteiger charge is -2.09. The lowest BCUT2D eigenvalue weighted by Crippen LogP contribution is -2.14. The van der Waals surface area contributed by atoms with Gasteiger partial charge in [0.25, 0.3) is 0 Å². The van der Waals surface area contributed by atoms with Crippen molar-refractivity contribution in [3.63, 3.8) is 0 Å². The number of halogens is 1. The van der Waals surface area contributed by atoms with Crippen molar-refractivity contribution in [2.24, 2.45) is 0 Å². The van der Waals surface area contributed by atoms with Gasteiger partial charge in [-0.2, -0.15) is 0 Å². The fourth-order valence-corrected chi connectivity index (χ4v) is 2.23.